The number of rotatable bonds is 4. The Bertz CT molecular complexity index is 1320. The molecule has 0 radical (unpaired) electrons. The molecule has 1 aliphatic rings. The zero-order valence-corrected chi connectivity index (χ0v) is 18.0. The van der Waals surface area contributed by atoms with Crippen LogP contribution in [-0.2, 0) is 9.53 Å². The quantitative estimate of drug-likeness (QED) is 0.586. The van der Waals surface area contributed by atoms with Gasteiger partial charge in [-0.2, -0.15) is 0 Å². The molecule has 1 unspecified atom stereocenters. The summed E-state index contributed by atoms with van der Waals surface area (Å²) in [6.07, 6.45) is 1.79. The molecule has 2 aromatic carbocycles. The van der Waals surface area contributed by atoms with Crippen molar-refractivity contribution in [3.63, 3.8) is 0 Å². The maximum Gasteiger partial charge on any atom is 0.338 e. The number of halogens is 1. The highest BCUT2D eigenvalue weighted by atomic mass is 35.5. The minimum Gasteiger partial charge on any atom is -0.463 e. The van der Waals surface area contributed by atoms with Crippen LogP contribution in [0.4, 0.5) is 0 Å². The summed E-state index contributed by atoms with van der Waals surface area (Å²) in [7, 11) is 0. The predicted octanol–water partition coefficient (Wildman–Crippen LogP) is 3.45. The minimum atomic E-state index is -0.594. The molecule has 0 saturated heterocycles. The average Bonchev–Trinajstić information content (AvgIpc) is 3.02. The number of nitrogens with zero attached hydrogens (tertiary/aromatic N) is 2. The van der Waals surface area contributed by atoms with E-state index in [9.17, 15) is 9.59 Å². The number of fused-ring (bicyclic) bond motifs is 1. The molecule has 7 heteroatoms. The Morgan fingerprint density at radius 2 is 2.00 bits per heavy atom. The zero-order chi connectivity index (χ0) is 21.3. The second kappa shape index (κ2) is 8.42. The summed E-state index contributed by atoms with van der Waals surface area (Å²) >= 11 is 7.37. The molecular weight excluding hydrogens is 420 g/mol. The highest BCUT2D eigenvalue weighted by molar-refractivity contribution is 7.07. The first-order valence-corrected chi connectivity index (χ1v) is 10.7. The van der Waals surface area contributed by atoms with Crippen molar-refractivity contribution in [3.8, 4) is 0 Å². The molecule has 0 N–H and O–H groups in total. The van der Waals surface area contributed by atoms with Gasteiger partial charge in [0.15, 0.2) is 4.80 Å². The van der Waals surface area contributed by atoms with Crippen LogP contribution >= 0.6 is 22.9 Å². The first-order valence-electron chi connectivity index (χ1n) is 9.49. The van der Waals surface area contributed by atoms with Crippen molar-refractivity contribution in [1.29, 1.82) is 0 Å². The highest BCUT2D eigenvalue weighted by Gasteiger charge is 2.33. The normalized spacial score (nSPS) is 16.2. The summed E-state index contributed by atoms with van der Waals surface area (Å²) in [5, 5.41) is 0.596. The Balaban J connectivity index is 1.96. The maximum absolute atomic E-state index is 13.4. The van der Waals surface area contributed by atoms with Crippen molar-refractivity contribution < 1.29 is 9.53 Å². The summed E-state index contributed by atoms with van der Waals surface area (Å²) in [6, 6.07) is 16.2. The van der Waals surface area contributed by atoms with E-state index >= 15 is 0 Å². The standard InChI is InChI=1S/C23H19ClN2O3S/c1-3-29-22(28)19-14(2)25-23-26(20(19)16-9-5-4-6-10-16)21(27)18(30-23)13-15-8-7-11-17(24)12-15/h4-13,20H,3H2,1-2H3/b18-13-. The number of ether oxygens (including phenoxy) is 1. The van der Waals surface area contributed by atoms with Gasteiger partial charge in [-0.3, -0.25) is 9.36 Å². The molecule has 30 heavy (non-hydrogen) atoms. The van der Waals surface area contributed by atoms with E-state index in [1.165, 1.54) is 11.3 Å². The fraction of sp³-hybridized carbons (Fsp3) is 0.174. The summed E-state index contributed by atoms with van der Waals surface area (Å²) < 4.78 is 7.38. The summed E-state index contributed by atoms with van der Waals surface area (Å²) in [4.78, 5) is 31.3. The van der Waals surface area contributed by atoms with Crippen molar-refractivity contribution in [3.05, 3.63) is 102 Å². The van der Waals surface area contributed by atoms with Gasteiger partial charge in [0, 0.05) is 5.02 Å². The molecule has 5 nitrogen and oxygen atoms in total. The van der Waals surface area contributed by atoms with Crippen LogP contribution in [0.25, 0.3) is 6.08 Å². The molecule has 1 aliphatic heterocycles. The number of hydrogen-bond acceptors (Lipinski definition) is 5. The molecule has 1 aromatic heterocycles. The van der Waals surface area contributed by atoms with Gasteiger partial charge in [0.2, 0.25) is 0 Å². The van der Waals surface area contributed by atoms with Crippen LogP contribution in [0, 0.1) is 0 Å². The van der Waals surface area contributed by atoms with E-state index in [0.29, 0.717) is 25.6 Å². The lowest BCUT2D eigenvalue weighted by Crippen LogP contribution is -2.39. The molecule has 2 heterocycles. The molecule has 0 fully saturated rings. The first-order chi connectivity index (χ1) is 14.5. The van der Waals surface area contributed by atoms with Crippen molar-refractivity contribution in [1.82, 2.24) is 4.57 Å². The maximum atomic E-state index is 13.4. The summed E-state index contributed by atoms with van der Waals surface area (Å²) in [5.74, 6) is -0.461. The SMILES string of the molecule is CCOC(=O)C1=C(C)N=c2s/c(=C\c3cccc(Cl)c3)c(=O)n2C1c1ccccc1. The number of hydrogen-bond donors (Lipinski definition) is 0. The lowest BCUT2D eigenvalue weighted by atomic mass is 9.96. The molecule has 0 bridgehead atoms. The number of aromatic nitrogens is 1. The van der Waals surface area contributed by atoms with Gasteiger partial charge in [0.25, 0.3) is 5.56 Å². The monoisotopic (exact) mass is 438 g/mol. The predicted molar refractivity (Wildman–Crippen MR) is 118 cm³/mol. The molecule has 1 atom stereocenters. The summed E-state index contributed by atoms with van der Waals surface area (Å²) in [5.41, 5.74) is 2.38. The smallest absolute Gasteiger partial charge is 0.338 e. The zero-order valence-electron chi connectivity index (χ0n) is 16.5. The third-order valence-corrected chi connectivity index (χ3v) is 6.00. The van der Waals surface area contributed by atoms with E-state index in [1.807, 2.05) is 42.5 Å². The fourth-order valence-electron chi connectivity index (χ4n) is 3.49. The Morgan fingerprint density at radius 3 is 2.70 bits per heavy atom. The Kier molecular flexibility index (Phi) is 5.70. The van der Waals surface area contributed by atoms with Gasteiger partial charge in [-0.25, -0.2) is 9.79 Å². The van der Waals surface area contributed by atoms with E-state index in [2.05, 4.69) is 4.99 Å². The minimum absolute atomic E-state index is 0.207. The molecular formula is C23H19ClN2O3S. The van der Waals surface area contributed by atoms with Gasteiger partial charge in [-0.15, -0.1) is 0 Å². The van der Waals surface area contributed by atoms with Crippen molar-refractivity contribution >= 4 is 35.0 Å². The Hall–Kier alpha value is -2.96. The number of benzene rings is 2. The topological polar surface area (TPSA) is 60.7 Å². The second-order valence-electron chi connectivity index (χ2n) is 6.77. The van der Waals surface area contributed by atoms with Gasteiger partial charge in [-0.05, 0) is 43.2 Å². The third-order valence-electron chi connectivity index (χ3n) is 4.78. The largest absolute Gasteiger partial charge is 0.463 e. The van der Waals surface area contributed by atoms with E-state index in [-0.39, 0.29) is 12.2 Å². The van der Waals surface area contributed by atoms with Crippen LogP contribution in [0.1, 0.15) is 31.0 Å². The fourth-order valence-corrected chi connectivity index (χ4v) is 4.74. The van der Waals surface area contributed by atoms with Crippen molar-refractivity contribution in [2.45, 2.75) is 19.9 Å². The van der Waals surface area contributed by atoms with Crippen LogP contribution in [0.2, 0.25) is 5.02 Å². The van der Waals surface area contributed by atoms with Gasteiger partial charge in [0.1, 0.15) is 0 Å². The first kappa shape index (κ1) is 20.3. The number of allylic oxidation sites excluding steroid dienone is 1. The lowest BCUT2D eigenvalue weighted by Gasteiger charge is -2.24. The number of esters is 1. The third kappa shape index (κ3) is 3.76. The van der Waals surface area contributed by atoms with Crippen LogP contribution in [0.15, 0.2) is 75.7 Å². The molecule has 4 rings (SSSR count). The van der Waals surface area contributed by atoms with Gasteiger partial charge in [0.05, 0.1) is 28.5 Å². The molecule has 3 aromatic rings. The lowest BCUT2D eigenvalue weighted by molar-refractivity contribution is -0.139. The molecule has 0 saturated carbocycles. The molecule has 0 spiro atoms. The van der Waals surface area contributed by atoms with Gasteiger partial charge in [-0.1, -0.05) is 65.4 Å². The molecule has 152 valence electrons. The van der Waals surface area contributed by atoms with Crippen LogP contribution < -0.4 is 14.9 Å². The molecule has 0 aliphatic carbocycles. The second-order valence-corrected chi connectivity index (χ2v) is 8.21. The number of carbonyl (C=O) groups excluding carboxylic acids is 1. The highest BCUT2D eigenvalue weighted by Crippen LogP contribution is 2.30. The Labute approximate surface area is 182 Å². The number of carbonyl (C=O) groups is 1. The van der Waals surface area contributed by atoms with Gasteiger partial charge >= 0.3 is 5.97 Å². The number of thiazole rings is 1. The van der Waals surface area contributed by atoms with Gasteiger partial charge < -0.3 is 4.74 Å². The van der Waals surface area contributed by atoms with Crippen molar-refractivity contribution in [2.75, 3.05) is 6.61 Å². The Morgan fingerprint density at radius 1 is 1.23 bits per heavy atom. The van der Waals surface area contributed by atoms with E-state index in [4.69, 9.17) is 16.3 Å². The van der Waals surface area contributed by atoms with Crippen LogP contribution in [0.5, 0.6) is 0 Å². The van der Waals surface area contributed by atoms with E-state index < -0.39 is 12.0 Å². The molecule has 0 amide bonds. The van der Waals surface area contributed by atoms with E-state index in [1.54, 1.807) is 36.6 Å². The van der Waals surface area contributed by atoms with Crippen LogP contribution in [0.3, 0.4) is 0 Å². The average molecular weight is 439 g/mol. The van der Waals surface area contributed by atoms with Crippen LogP contribution in [-0.4, -0.2) is 17.1 Å². The van der Waals surface area contributed by atoms with Crippen molar-refractivity contribution in [2.24, 2.45) is 4.99 Å². The van der Waals surface area contributed by atoms with E-state index in [0.717, 1.165) is 11.1 Å². The summed E-state index contributed by atoms with van der Waals surface area (Å²) in [6.45, 7) is 3.78.